The second kappa shape index (κ2) is 13.1. The van der Waals surface area contributed by atoms with Gasteiger partial charge in [-0.2, -0.15) is 0 Å². The highest BCUT2D eigenvalue weighted by atomic mass is 16.5. The lowest BCUT2D eigenvalue weighted by Gasteiger charge is -2.13. The molecular weight excluding hydrogens is 334 g/mol. The number of benzene rings is 2. The van der Waals surface area contributed by atoms with E-state index in [0.29, 0.717) is 0 Å². The highest BCUT2D eigenvalue weighted by Gasteiger charge is 2.03. The van der Waals surface area contributed by atoms with E-state index in [4.69, 9.17) is 9.47 Å². The maximum absolute atomic E-state index is 5.96. The molecule has 1 N–H and O–H groups in total. The topological polar surface area (TPSA) is 30.5 Å². The van der Waals surface area contributed by atoms with Gasteiger partial charge in [-0.25, -0.2) is 0 Å². The second-order valence-corrected chi connectivity index (χ2v) is 6.95. The van der Waals surface area contributed by atoms with Crippen molar-refractivity contribution in [3.05, 3.63) is 54.1 Å². The van der Waals surface area contributed by atoms with E-state index in [1.54, 1.807) is 0 Å². The SMILES string of the molecule is CCCCCCOc1ccc(NCc2ccccc2OCCCCC)cc1. The Morgan fingerprint density at radius 1 is 0.704 bits per heavy atom. The van der Waals surface area contributed by atoms with Crippen LogP contribution in [0.3, 0.4) is 0 Å². The molecule has 0 fully saturated rings. The van der Waals surface area contributed by atoms with Gasteiger partial charge in [0, 0.05) is 17.8 Å². The third-order valence-corrected chi connectivity index (χ3v) is 4.58. The zero-order valence-electron chi connectivity index (χ0n) is 17.0. The van der Waals surface area contributed by atoms with Crippen molar-refractivity contribution in [2.75, 3.05) is 18.5 Å². The number of anilines is 1. The Morgan fingerprint density at radius 2 is 1.37 bits per heavy atom. The van der Waals surface area contributed by atoms with Gasteiger partial charge >= 0.3 is 0 Å². The molecule has 27 heavy (non-hydrogen) atoms. The van der Waals surface area contributed by atoms with Gasteiger partial charge in [0.2, 0.25) is 0 Å². The van der Waals surface area contributed by atoms with E-state index in [2.05, 4.69) is 49.5 Å². The molecule has 0 unspecified atom stereocenters. The van der Waals surface area contributed by atoms with Crippen molar-refractivity contribution in [2.24, 2.45) is 0 Å². The summed E-state index contributed by atoms with van der Waals surface area (Å²) >= 11 is 0. The highest BCUT2D eigenvalue weighted by Crippen LogP contribution is 2.21. The summed E-state index contributed by atoms with van der Waals surface area (Å²) in [4.78, 5) is 0. The summed E-state index contributed by atoms with van der Waals surface area (Å²) in [5.74, 6) is 1.92. The van der Waals surface area contributed by atoms with E-state index in [9.17, 15) is 0 Å². The van der Waals surface area contributed by atoms with Crippen molar-refractivity contribution in [3.63, 3.8) is 0 Å². The molecule has 0 aliphatic rings. The number of hydrogen-bond acceptors (Lipinski definition) is 3. The van der Waals surface area contributed by atoms with Gasteiger partial charge in [-0.3, -0.25) is 0 Å². The molecule has 3 nitrogen and oxygen atoms in total. The first kappa shape index (κ1) is 21.1. The van der Waals surface area contributed by atoms with E-state index in [1.807, 2.05) is 18.2 Å². The lowest BCUT2D eigenvalue weighted by Crippen LogP contribution is -2.04. The van der Waals surface area contributed by atoms with Gasteiger partial charge in [0.1, 0.15) is 11.5 Å². The standard InChI is InChI=1S/C24H35NO2/c1-3-5-7-11-18-26-23-16-14-22(15-17-23)25-20-21-12-8-9-13-24(21)27-19-10-6-4-2/h8-9,12-17,25H,3-7,10-11,18-20H2,1-2H3. The van der Waals surface area contributed by atoms with Crippen LogP contribution in [-0.2, 0) is 6.54 Å². The van der Waals surface area contributed by atoms with E-state index in [1.165, 1.54) is 37.7 Å². The van der Waals surface area contributed by atoms with Crippen LogP contribution in [0.2, 0.25) is 0 Å². The summed E-state index contributed by atoms with van der Waals surface area (Å²) in [7, 11) is 0. The van der Waals surface area contributed by atoms with Crippen LogP contribution in [0.4, 0.5) is 5.69 Å². The smallest absolute Gasteiger partial charge is 0.124 e. The molecule has 2 rings (SSSR count). The average Bonchev–Trinajstić information content (AvgIpc) is 2.71. The quantitative estimate of drug-likeness (QED) is 0.370. The zero-order valence-corrected chi connectivity index (χ0v) is 17.0. The van der Waals surface area contributed by atoms with E-state index in [-0.39, 0.29) is 0 Å². The van der Waals surface area contributed by atoms with Crippen LogP contribution < -0.4 is 14.8 Å². The fourth-order valence-electron chi connectivity index (χ4n) is 2.91. The van der Waals surface area contributed by atoms with Gasteiger partial charge in [-0.05, 0) is 43.2 Å². The van der Waals surface area contributed by atoms with Crippen LogP contribution in [0.15, 0.2) is 48.5 Å². The molecule has 2 aromatic carbocycles. The van der Waals surface area contributed by atoms with Gasteiger partial charge < -0.3 is 14.8 Å². The Kier molecular flexibility index (Phi) is 10.2. The summed E-state index contributed by atoms with van der Waals surface area (Å²) in [6.45, 7) is 6.77. The third-order valence-electron chi connectivity index (χ3n) is 4.58. The van der Waals surface area contributed by atoms with Crippen molar-refractivity contribution in [1.29, 1.82) is 0 Å². The summed E-state index contributed by atoms with van der Waals surface area (Å²) in [6, 6.07) is 16.5. The van der Waals surface area contributed by atoms with Crippen LogP contribution in [0.25, 0.3) is 0 Å². The summed E-state index contributed by atoms with van der Waals surface area (Å²) in [6.07, 6.45) is 8.46. The summed E-state index contributed by atoms with van der Waals surface area (Å²) < 4.78 is 11.8. The minimum Gasteiger partial charge on any atom is -0.494 e. The first-order valence-electron chi connectivity index (χ1n) is 10.5. The van der Waals surface area contributed by atoms with Gasteiger partial charge in [0.25, 0.3) is 0 Å². The molecule has 0 heterocycles. The molecule has 0 saturated carbocycles. The molecule has 0 atom stereocenters. The Labute approximate surface area is 165 Å². The molecule has 0 radical (unpaired) electrons. The summed E-state index contributed by atoms with van der Waals surface area (Å²) in [5, 5.41) is 3.48. The number of unbranched alkanes of at least 4 members (excludes halogenated alkanes) is 5. The van der Waals surface area contributed by atoms with Crippen molar-refractivity contribution < 1.29 is 9.47 Å². The van der Waals surface area contributed by atoms with Crippen molar-refractivity contribution in [1.82, 2.24) is 0 Å². The molecule has 2 aromatic rings. The normalized spacial score (nSPS) is 10.6. The number of para-hydroxylation sites is 1. The monoisotopic (exact) mass is 369 g/mol. The maximum atomic E-state index is 5.96. The number of rotatable bonds is 14. The predicted octanol–water partition coefficient (Wildman–Crippen LogP) is 6.83. The Hall–Kier alpha value is -2.16. The minimum absolute atomic E-state index is 0.751. The molecule has 0 aliphatic heterocycles. The maximum Gasteiger partial charge on any atom is 0.124 e. The molecular formula is C24H35NO2. The fourth-order valence-corrected chi connectivity index (χ4v) is 2.91. The van der Waals surface area contributed by atoms with E-state index < -0.39 is 0 Å². The largest absolute Gasteiger partial charge is 0.494 e. The summed E-state index contributed by atoms with van der Waals surface area (Å²) in [5.41, 5.74) is 2.28. The van der Waals surface area contributed by atoms with Crippen molar-refractivity contribution in [3.8, 4) is 11.5 Å². The lowest BCUT2D eigenvalue weighted by molar-refractivity contribution is 0.303. The molecule has 3 heteroatoms. The van der Waals surface area contributed by atoms with Crippen LogP contribution >= 0.6 is 0 Å². The van der Waals surface area contributed by atoms with Gasteiger partial charge in [0.05, 0.1) is 13.2 Å². The first-order valence-corrected chi connectivity index (χ1v) is 10.5. The fraction of sp³-hybridized carbons (Fsp3) is 0.500. The van der Waals surface area contributed by atoms with Crippen molar-refractivity contribution in [2.45, 2.75) is 65.3 Å². The molecule has 0 amide bonds. The zero-order chi connectivity index (χ0) is 19.2. The van der Waals surface area contributed by atoms with Gasteiger partial charge in [0.15, 0.2) is 0 Å². The molecule has 0 saturated heterocycles. The number of ether oxygens (including phenoxy) is 2. The van der Waals surface area contributed by atoms with Crippen LogP contribution in [0, 0.1) is 0 Å². The molecule has 148 valence electrons. The second-order valence-electron chi connectivity index (χ2n) is 6.95. The lowest BCUT2D eigenvalue weighted by atomic mass is 10.2. The van der Waals surface area contributed by atoms with Gasteiger partial charge in [-0.1, -0.05) is 64.2 Å². The van der Waals surface area contributed by atoms with Crippen molar-refractivity contribution >= 4 is 5.69 Å². The van der Waals surface area contributed by atoms with E-state index >= 15 is 0 Å². The highest BCUT2D eigenvalue weighted by molar-refractivity contribution is 5.47. The Bertz CT molecular complexity index is 625. The third kappa shape index (κ3) is 8.38. The molecule has 0 aliphatic carbocycles. The van der Waals surface area contributed by atoms with Gasteiger partial charge in [-0.15, -0.1) is 0 Å². The van der Waals surface area contributed by atoms with E-state index in [0.717, 1.165) is 49.8 Å². The minimum atomic E-state index is 0.751. The molecule has 0 aromatic heterocycles. The Morgan fingerprint density at radius 3 is 2.15 bits per heavy atom. The predicted molar refractivity (Wildman–Crippen MR) is 115 cm³/mol. The average molecular weight is 370 g/mol. The van der Waals surface area contributed by atoms with Crippen LogP contribution in [-0.4, -0.2) is 13.2 Å². The Balaban J connectivity index is 1.77. The molecule has 0 bridgehead atoms. The molecule has 0 spiro atoms. The van der Waals surface area contributed by atoms with Crippen LogP contribution in [0.5, 0.6) is 11.5 Å². The number of nitrogens with one attached hydrogen (secondary N) is 1. The number of hydrogen-bond donors (Lipinski definition) is 1. The van der Waals surface area contributed by atoms with Crippen LogP contribution in [0.1, 0.15) is 64.4 Å². The first-order chi connectivity index (χ1) is 13.3.